The quantitative estimate of drug-likeness (QED) is 0.124. The molecule has 0 spiro atoms. The Labute approximate surface area is 188 Å². The molecule has 3 aromatic carbocycles. The maximum atomic E-state index is 12.5. The third-order valence-corrected chi connectivity index (χ3v) is 6.24. The van der Waals surface area contributed by atoms with Gasteiger partial charge in [-0.15, -0.1) is 5.06 Å². The number of para-hydroxylation sites is 2. The molecule has 1 amide bonds. The van der Waals surface area contributed by atoms with Gasteiger partial charge in [0.25, 0.3) is 5.91 Å². The van der Waals surface area contributed by atoms with Crippen LogP contribution in [-0.2, 0) is 14.7 Å². The number of benzene rings is 3. The molecule has 1 saturated heterocycles. The third kappa shape index (κ3) is 3.42. The predicted molar refractivity (Wildman–Crippen MR) is 128 cm³/mol. The topological polar surface area (TPSA) is 43.7 Å². The number of rotatable bonds is 5. The first-order chi connectivity index (χ1) is 15.2. The lowest BCUT2D eigenvalue weighted by atomic mass is 10.2. The van der Waals surface area contributed by atoms with Gasteiger partial charge in [0.05, 0.1) is 15.9 Å². The minimum Gasteiger partial charge on any atom is -0.322 e. The molecule has 5 nitrogen and oxygen atoms in total. The molecule has 7 heteroatoms. The van der Waals surface area contributed by atoms with Crippen LogP contribution in [0.25, 0.3) is 33.6 Å². The van der Waals surface area contributed by atoms with E-state index in [2.05, 4.69) is 52.4 Å². The molecule has 0 saturated carbocycles. The Morgan fingerprint density at radius 1 is 0.903 bits per heavy atom. The molecule has 0 unspecified atom stereocenters. The average molecular weight is 445 g/mol. The molecule has 5 rings (SSSR count). The maximum absolute atomic E-state index is 12.5. The summed E-state index contributed by atoms with van der Waals surface area (Å²) in [5, 5.41) is 3.36. The summed E-state index contributed by atoms with van der Waals surface area (Å²) < 4.78 is 2.51. The lowest BCUT2D eigenvalue weighted by molar-refractivity contribution is -0.350. The maximum Gasteiger partial charge on any atom is 0.293 e. The predicted octanol–water partition coefficient (Wildman–Crippen LogP) is 5.99. The summed E-state index contributed by atoms with van der Waals surface area (Å²) in [6.45, 7) is 3.37. The van der Waals surface area contributed by atoms with E-state index in [0.29, 0.717) is 4.91 Å². The van der Waals surface area contributed by atoms with Crippen LogP contribution in [0.4, 0.5) is 0 Å². The summed E-state index contributed by atoms with van der Waals surface area (Å²) in [6.07, 6.45) is 2.86. The number of thiocarbonyl (C=S) groups is 1. The Hall–Kier alpha value is -3.39. The van der Waals surface area contributed by atoms with Crippen LogP contribution in [0, 0.1) is 0 Å². The zero-order valence-corrected chi connectivity index (χ0v) is 17.9. The zero-order chi connectivity index (χ0) is 21.4. The van der Waals surface area contributed by atoms with E-state index in [0.717, 1.165) is 45.4 Å². The Morgan fingerprint density at radius 2 is 1.52 bits per heavy atom. The first kappa shape index (κ1) is 19.6. The smallest absolute Gasteiger partial charge is 0.293 e. The van der Waals surface area contributed by atoms with Crippen molar-refractivity contribution in [1.82, 2.24) is 9.63 Å². The van der Waals surface area contributed by atoms with Gasteiger partial charge in [-0.2, -0.15) is 0 Å². The SMILES string of the molecule is C=COON1C(=O)C(=Cc2ccc(-n3c4ccccc4c4ccccc43)cc2)SC1=S. The highest BCUT2D eigenvalue weighted by Gasteiger charge is 2.34. The second-order valence-corrected chi connectivity index (χ2v) is 8.45. The van der Waals surface area contributed by atoms with E-state index in [1.165, 1.54) is 10.8 Å². The van der Waals surface area contributed by atoms with Crippen molar-refractivity contribution in [1.29, 1.82) is 0 Å². The number of carbonyl (C=O) groups excluding carboxylic acids is 1. The Kier molecular flexibility index (Phi) is 5.07. The molecule has 0 bridgehead atoms. The van der Waals surface area contributed by atoms with Crippen LogP contribution >= 0.6 is 24.0 Å². The number of aromatic nitrogens is 1. The van der Waals surface area contributed by atoms with E-state index in [1.54, 1.807) is 6.08 Å². The first-order valence-corrected chi connectivity index (χ1v) is 10.7. The summed E-state index contributed by atoms with van der Waals surface area (Å²) in [6, 6.07) is 24.8. The van der Waals surface area contributed by atoms with Crippen molar-refractivity contribution in [2.24, 2.45) is 0 Å². The van der Waals surface area contributed by atoms with Crippen LogP contribution in [0.5, 0.6) is 0 Å². The van der Waals surface area contributed by atoms with Gasteiger partial charge in [0.1, 0.15) is 6.26 Å². The molecule has 0 atom stereocenters. The summed E-state index contributed by atoms with van der Waals surface area (Å²) in [4.78, 5) is 22.4. The van der Waals surface area contributed by atoms with E-state index in [-0.39, 0.29) is 10.2 Å². The van der Waals surface area contributed by atoms with E-state index in [1.807, 2.05) is 36.4 Å². The van der Waals surface area contributed by atoms with Gasteiger partial charge in [-0.25, -0.2) is 0 Å². The fourth-order valence-electron chi connectivity index (χ4n) is 3.66. The highest BCUT2D eigenvalue weighted by atomic mass is 32.2. The number of thioether (sulfide) groups is 1. The van der Waals surface area contributed by atoms with Crippen LogP contribution in [-0.4, -0.2) is 19.9 Å². The molecule has 1 aromatic heterocycles. The van der Waals surface area contributed by atoms with Crippen LogP contribution in [0.2, 0.25) is 0 Å². The van der Waals surface area contributed by atoms with Gasteiger partial charge in [-0.1, -0.05) is 71.9 Å². The molecule has 4 aromatic rings. The number of amides is 1. The van der Waals surface area contributed by atoms with Crippen molar-refractivity contribution in [2.75, 3.05) is 0 Å². The average Bonchev–Trinajstić information content (AvgIpc) is 3.27. The van der Waals surface area contributed by atoms with Crippen molar-refractivity contribution in [3.63, 3.8) is 0 Å². The molecule has 1 aliphatic heterocycles. The number of carbonyl (C=O) groups is 1. The standard InChI is InChI=1S/C24H16N2O3S2/c1-2-28-29-26-23(27)22(31-24(26)30)15-16-11-13-17(14-12-16)25-20-9-5-3-7-18(20)19-8-4-6-10-21(19)25/h2-15H,1H2. The Bertz CT molecular complexity index is 1320. The molecule has 0 N–H and O–H groups in total. The molecule has 0 radical (unpaired) electrons. The van der Waals surface area contributed by atoms with Crippen molar-refractivity contribution < 1.29 is 14.7 Å². The Balaban J connectivity index is 1.50. The lowest BCUT2D eigenvalue weighted by Gasteiger charge is -2.09. The minimum atomic E-state index is -0.372. The normalized spacial score (nSPS) is 15.4. The van der Waals surface area contributed by atoms with Gasteiger partial charge in [0.15, 0.2) is 4.32 Å². The van der Waals surface area contributed by atoms with Crippen LogP contribution in [0.15, 0.2) is 90.5 Å². The van der Waals surface area contributed by atoms with Gasteiger partial charge in [-0.05, 0) is 48.1 Å². The number of nitrogens with zero attached hydrogens (tertiary/aromatic N) is 2. The van der Waals surface area contributed by atoms with Gasteiger partial charge in [0.2, 0.25) is 0 Å². The Morgan fingerprint density at radius 3 is 2.13 bits per heavy atom. The van der Waals surface area contributed by atoms with E-state index in [4.69, 9.17) is 17.2 Å². The molecule has 0 aliphatic carbocycles. The van der Waals surface area contributed by atoms with Gasteiger partial charge in [0, 0.05) is 16.5 Å². The van der Waals surface area contributed by atoms with Gasteiger partial charge in [-0.3, -0.25) is 4.79 Å². The van der Waals surface area contributed by atoms with Crippen molar-refractivity contribution >= 4 is 62.1 Å². The largest absolute Gasteiger partial charge is 0.322 e. The zero-order valence-electron chi connectivity index (χ0n) is 16.2. The van der Waals surface area contributed by atoms with Crippen molar-refractivity contribution in [2.45, 2.75) is 0 Å². The first-order valence-electron chi connectivity index (χ1n) is 9.48. The number of hydroxylamine groups is 2. The fraction of sp³-hybridized carbons (Fsp3) is 0. The third-order valence-electron chi connectivity index (χ3n) is 4.97. The molecule has 31 heavy (non-hydrogen) atoms. The highest BCUT2D eigenvalue weighted by molar-refractivity contribution is 8.26. The number of hydrogen-bond donors (Lipinski definition) is 0. The number of hydrogen-bond acceptors (Lipinski definition) is 5. The lowest BCUT2D eigenvalue weighted by Crippen LogP contribution is -2.27. The molecule has 2 heterocycles. The molecule has 152 valence electrons. The summed E-state index contributed by atoms with van der Waals surface area (Å²) >= 11 is 6.33. The van der Waals surface area contributed by atoms with Gasteiger partial charge < -0.3 is 9.45 Å². The second-order valence-electron chi connectivity index (χ2n) is 6.77. The number of fused-ring (bicyclic) bond motifs is 3. The summed E-state index contributed by atoms with van der Waals surface area (Å²) in [7, 11) is 0. The monoisotopic (exact) mass is 444 g/mol. The van der Waals surface area contributed by atoms with Crippen LogP contribution < -0.4 is 0 Å². The van der Waals surface area contributed by atoms with E-state index in [9.17, 15) is 4.79 Å². The molecular weight excluding hydrogens is 428 g/mol. The highest BCUT2D eigenvalue weighted by Crippen LogP contribution is 2.34. The van der Waals surface area contributed by atoms with Gasteiger partial charge >= 0.3 is 0 Å². The van der Waals surface area contributed by atoms with E-state index >= 15 is 0 Å². The summed E-state index contributed by atoms with van der Waals surface area (Å²) in [5.41, 5.74) is 4.23. The summed E-state index contributed by atoms with van der Waals surface area (Å²) in [5.74, 6) is -0.372. The minimum absolute atomic E-state index is 0.264. The van der Waals surface area contributed by atoms with Crippen LogP contribution in [0.3, 0.4) is 0 Å². The van der Waals surface area contributed by atoms with Crippen molar-refractivity contribution in [3.05, 3.63) is 96.1 Å². The van der Waals surface area contributed by atoms with Crippen molar-refractivity contribution in [3.8, 4) is 5.69 Å². The molecular formula is C24H16N2O3S2. The molecule has 1 aliphatic rings. The van der Waals surface area contributed by atoms with Crippen LogP contribution in [0.1, 0.15) is 5.56 Å². The fourth-order valence-corrected chi connectivity index (χ4v) is 4.80. The molecule has 1 fully saturated rings. The van der Waals surface area contributed by atoms with E-state index < -0.39 is 0 Å². The second kappa shape index (κ2) is 8.03.